The second kappa shape index (κ2) is 13.0. The van der Waals surface area contributed by atoms with Crippen LogP contribution in [0.2, 0.25) is 0 Å². The molecule has 7 nitrogen and oxygen atoms in total. The highest BCUT2D eigenvalue weighted by Gasteiger charge is 2.32. The highest BCUT2D eigenvalue weighted by atomic mass is 127. The van der Waals surface area contributed by atoms with Crippen molar-refractivity contribution < 1.29 is 27.7 Å². The van der Waals surface area contributed by atoms with Gasteiger partial charge in [0.05, 0.1) is 19.3 Å². The Labute approximate surface area is 187 Å². The van der Waals surface area contributed by atoms with Crippen molar-refractivity contribution in [2.75, 3.05) is 40.5 Å². The third kappa shape index (κ3) is 8.09. The van der Waals surface area contributed by atoms with Crippen LogP contribution in [-0.4, -0.2) is 58.7 Å². The Morgan fingerprint density at radius 1 is 1.24 bits per heavy atom. The van der Waals surface area contributed by atoms with Crippen LogP contribution in [0.25, 0.3) is 0 Å². The number of halogens is 3. The molecule has 0 atom stereocenters. The fourth-order valence-electron chi connectivity index (χ4n) is 2.96. The van der Waals surface area contributed by atoms with Crippen molar-refractivity contribution in [3.05, 3.63) is 23.8 Å². The van der Waals surface area contributed by atoms with Gasteiger partial charge in [0.2, 0.25) is 0 Å². The molecule has 0 spiro atoms. The standard InChI is InChI=1S/C19H29F2N3O4.HI/c1-4-22-18(24-13-19(26-3)7-9-27-10-8-19)23-12-14-11-15(25-2)5-6-16(14)28-17(20)21;/h5-6,11,17H,4,7-10,12-13H2,1-3H3,(H2,22,23,24);1H. The minimum absolute atomic E-state index is 0. The topological polar surface area (TPSA) is 73.3 Å². The van der Waals surface area contributed by atoms with Gasteiger partial charge < -0.3 is 29.6 Å². The Morgan fingerprint density at radius 3 is 2.55 bits per heavy atom. The van der Waals surface area contributed by atoms with E-state index in [0.29, 0.717) is 43.6 Å². The Bertz CT molecular complexity index is 644. The van der Waals surface area contributed by atoms with E-state index in [1.54, 1.807) is 19.2 Å². The maximum atomic E-state index is 12.7. The van der Waals surface area contributed by atoms with Gasteiger partial charge in [0, 0.05) is 51.8 Å². The average molecular weight is 529 g/mol. The monoisotopic (exact) mass is 529 g/mol. The zero-order chi connectivity index (χ0) is 20.4. The van der Waals surface area contributed by atoms with Crippen molar-refractivity contribution in [2.45, 2.75) is 38.5 Å². The first-order chi connectivity index (χ1) is 13.5. The van der Waals surface area contributed by atoms with Gasteiger partial charge in [-0.15, -0.1) is 24.0 Å². The molecule has 0 radical (unpaired) electrons. The number of hydrogen-bond donors (Lipinski definition) is 2. The summed E-state index contributed by atoms with van der Waals surface area (Å²) in [4.78, 5) is 4.50. The number of guanidine groups is 1. The van der Waals surface area contributed by atoms with Gasteiger partial charge in [0.25, 0.3) is 0 Å². The molecule has 0 aromatic heterocycles. The van der Waals surface area contributed by atoms with E-state index in [4.69, 9.17) is 14.2 Å². The molecule has 10 heteroatoms. The van der Waals surface area contributed by atoms with Gasteiger partial charge >= 0.3 is 6.61 Å². The number of alkyl halides is 2. The first kappa shape index (κ1) is 25.6. The Kier molecular flexibility index (Phi) is 11.5. The van der Waals surface area contributed by atoms with Crippen molar-refractivity contribution >= 4 is 29.9 Å². The number of aliphatic imine (C=N–C) groups is 1. The largest absolute Gasteiger partial charge is 0.497 e. The fraction of sp³-hybridized carbons (Fsp3) is 0.632. The molecule has 0 bridgehead atoms. The average Bonchev–Trinajstić information content (AvgIpc) is 2.71. The zero-order valence-electron chi connectivity index (χ0n) is 17.0. The van der Waals surface area contributed by atoms with Gasteiger partial charge in [-0.2, -0.15) is 8.78 Å². The van der Waals surface area contributed by atoms with Crippen molar-refractivity contribution in [3.63, 3.8) is 0 Å². The summed E-state index contributed by atoms with van der Waals surface area (Å²) in [5, 5.41) is 6.43. The maximum absolute atomic E-state index is 12.7. The quantitative estimate of drug-likeness (QED) is 0.291. The van der Waals surface area contributed by atoms with Crippen LogP contribution in [0, 0.1) is 0 Å². The molecule has 1 aromatic carbocycles. The Hall–Kier alpha value is -1.40. The lowest BCUT2D eigenvalue weighted by atomic mass is 9.94. The van der Waals surface area contributed by atoms with Crippen LogP contribution in [0.3, 0.4) is 0 Å². The van der Waals surface area contributed by atoms with Crippen molar-refractivity contribution in [1.29, 1.82) is 0 Å². The summed E-state index contributed by atoms with van der Waals surface area (Å²) < 4.78 is 46.2. The van der Waals surface area contributed by atoms with Crippen molar-refractivity contribution in [2.24, 2.45) is 4.99 Å². The highest BCUT2D eigenvalue weighted by molar-refractivity contribution is 14.0. The molecule has 29 heavy (non-hydrogen) atoms. The molecule has 1 saturated heterocycles. The van der Waals surface area contributed by atoms with Gasteiger partial charge in [0.1, 0.15) is 11.5 Å². The number of hydrogen-bond acceptors (Lipinski definition) is 5. The van der Waals surface area contributed by atoms with Crippen LogP contribution in [0.1, 0.15) is 25.3 Å². The van der Waals surface area contributed by atoms with Gasteiger partial charge in [-0.1, -0.05) is 0 Å². The minimum Gasteiger partial charge on any atom is -0.497 e. The third-order valence-corrected chi connectivity index (χ3v) is 4.65. The van der Waals surface area contributed by atoms with Crippen molar-refractivity contribution in [3.8, 4) is 11.5 Å². The zero-order valence-corrected chi connectivity index (χ0v) is 19.3. The predicted octanol–water partition coefficient (Wildman–Crippen LogP) is 3.17. The molecule has 0 unspecified atom stereocenters. The summed E-state index contributed by atoms with van der Waals surface area (Å²) in [6.45, 7) is 1.73. The molecular weight excluding hydrogens is 499 g/mol. The molecule has 2 N–H and O–H groups in total. The van der Waals surface area contributed by atoms with E-state index in [0.717, 1.165) is 12.8 Å². The van der Waals surface area contributed by atoms with E-state index in [1.165, 1.54) is 13.2 Å². The third-order valence-electron chi connectivity index (χ3n) is 4.65. The number of benzene rings is 1. The molecule has 1 fully saturated rings. The molecule has 0 amide bonds. The second-order valence-electron chi connectivity index (χ2n) is 6.40. The van der Waals surface area contributed by atoms with Crippen LogP contribution in [-0.2, 0) is 16.0 Å². The maximum Gasteiger partial charge on any atom is 0.387 e. The smallest absolute Gasteiger partial charge is 0.387 e. The lowest BCUT2D eigenvalue weighted by molar-refractivity contribution is -0.0855. The van der Waals surface area contributed by atoms with E-state index in [-0.39, 0.29) is 41.9 Å². The molecule has 2 rings (SSSR count). The molecule has 1 heterocycles. The first-order valence-corrected chi connectivity index (χ1v) is 9.28. The minimum atomic E-state index is -2.91. The van der Waals surface area contributed by atoms with Crippen LogP contribution >= 0.6 is 24.0 Å². The summed E-state index contributed by atoms with van der Waals surface area (Å²) in [6, 6.07) is 4.67. The number of ether oxygens (including phenoxy) is 4. The molecule has 0 aliphatic carbocycles. The second-order valence-corrected chi connectivity index (χ2v) is 6.40. The lowest BCUT2D eigenvalue weighted by Crippen LogP contribution is -2.50. The van der Waals surface area contributed by atoms with E-state index in [2.05, 4.69) is 20.4 Å². The van der Waals surface area contributed by atoms with Crippen LogP contribution in [0.15, 0.2) is 23.2 Å². The molecule has 1 aliphatic heterocycles. The normalized spacial score (nSPS) is 16.1. The first-order valence-electron chi connectivity index (χ1n) is 9.28. The van der Waals surface area contributed by atoms with Crippen LogP contribution in [0.4, 0.5) is 8.78 Å². The van der Waals surface area contributed by atoms with Gasteiger partial charge in [0.15, 0.2) is 5.96 Å². The molecule has 0 saturated carbocycles. The summed E-state index contributed by atoms with van der Waals surface area (Å²) in [6.07, 6.45) is 1.58. The van der Waals surface area contributed by atoms with E-state index < -0.39 is 6.61 Å². The van der Waals surface area contributed by atoms with Gasteiger partial charge in [-0.25, -0.2) is 4.99 Å². The summed E-state index contributed by atoms with van der Waals surface area (Å²) >= 11 is 0. The van der Waals surface area contributed by atoms with E-state index in [9.17, 15) is 8.78 Å². The van der Waals surface area contributed by atoms with Crippen LogP contribution in [0.5, 0.6) is 11.5 Å². The molecular formula is C19H30F2IN3O4. The summed E-state index contributed by atoms with van der Waals surface area (Å²) in [5.41, 5.74) is 0.193. The van der Waals surface area contributed by atoms with E-state index >= 15 is 0 Å². The Morgan fingerprint density at radius 2 is 1.97 bits per heavy atom. The molecule has 1 aliphatic rings. The van der Waals surface area contributed by atoms with E-state index in [1.807, 2.05) is 6.92 Å². The molecule has 1 aromatic rings. The van der Waals surface area contributed by atoms with Crippen molar-refractivity contribution in [1.82, 2.24) is 10.6 Å². The molecule has 166 valence electrons. The number of methoxy groups -OCH3 is 2. The number of nitrogens with one attached hydrogen (secondary N) is 2. The van der Waals surface area contributed by atoms with Gasteiger partial charge in [-0.05, 0) is 25.1 Å². The summed E-state index contributed by atoms with van der Waals surface area (Å²) in [7, 11) is 3.21. The SMILES string of the molecule is CCNC(=NCc1cc(OC)ccc1OC(F)F)NCC1(OC)CCOCC1.I. The predicted molar refractivity (Wildman–Crippen MR) is 118 cm³/mol. The number of nitrogens with zero attached hydrogens (tertiary/aromatic N) is 1. The highest BCUT2D eigenvalue weighted by Crippen LogP contribution is 2.26. The Balaban J connectivity index is 0.00000420. The number of rotatable bonds is 9. The fourth-order valence-corrected chi connectivity index (χ4v) is 2.96. The summed E-state index contributed by atoms with van der Waals surface area (Å²) in [5.74, 6) is 1.19. The van der Waals surface area contributed by atoms with Crippen LogP contribution < -0.4 is 20.1 Å². The lowest BCUT2D eigenvalue weighted by Gasteiger charge is -2.36. The van der Waals surface area contributed by atoms with Gasteiger partial charge in [-0.3, -0.25) is 0 Å².